The number of ether oxygens (including phenoxy) is 1. The lowest BCUT2D eigenvalue weighted by Crippen LogP contribution is -2.43. The zero-order valence-electron chi connectivity index (χ0n) is 17.0. The van der Waals surface area contributed by atoms with Gasteiger partial charge >= 0.3 is 0 Å². The number of aromatic nitrogens is 1. The van der Waals surface area contributed by atoms with Gasteiger partial charge in [0.1, 0.15) is 0 Å². The number of carbonyl (C=O) groups excluding carboxylic acids is 1. The van der Waals surface area contributed by atoms with Crippen LogP contribution in [0.25, 0.3) is 10.9 Å². The maximum Gasteiger partial charge on any atom is 0.252 e. The summed E-state index contributed by atoms with van der Waals surface area (Å²) in [5.74, 6) is -0.0578. The van der Waals surface area contributed by atoms with E-state index in [1.807, 2.05) is 37.3 Å². The summed E-state index contributed by atoms with van der Waals surface area (Å²) >= 11 is 0. The van der Waals surface area contributed by atoms with E-state index in [1.54, 1.807) is 0 Å². The summed E-state index contributed by atoms with van der Waals surface area (Å²) < 4.78 is 5.53. The summed E-state index contributed by atoms with van der Waals surface area (Å²) in [5.41, 5.74) is 4.82. The number of benzene rings is 2. The molecule has 1 N–H and O–H groups in total. The summed E-state index contributed by atoms with van der Waals surface area (Å²) in [7, 11) is 0. The van der Waals surface area contributed by atoms with Gasteiger partial charge in [-0.15, -0.1) is 0 Å². The molecule has 150 valence electrons. The smallest absolute Gasteiger partial charge is 0.252 e. The molecule has 1 unspecified atom stereocenters. The van der Waals surface area contributed by atoms with Gasteiger partial charge < -0.3 is 10.1 Å². The second-order valence-electron chi connectivity index (χ2n) is 7.62. The van der Waals surface area contributed by atoms with Crippen LogP contribution < -0.4 is 5.32 Å². The van der Waals surface area contributed by atoms with Crippen molar-refractivity contribution < 1.29 is 9.53 Å². The van der Waals surface area contributed by atoms with E-state index in [4.69, 9.17) is 4.74 Å². The Morgan fingerprint density at radius 2 is 1.90 bits per heavy atom. The summed E-state index contributed by atoms with van der Waals surface area (Å²) in [6.07, 6.45) is 0. The molecule has 1 fully saturated rings. The minimum Gasteiger partial charge on any atom is -0.379 e. The van der Waals surface area contributed by atoms with E-state index in [1.165, 1.54) is 11.1 Å². The third kappa shape index (κ3) is 4.47. The molecular weight excluding hydrogens is 362 g/mol. The van der Waals surface area contributed by atoms with Gasteiger partial charge in [-0.25, -0.2) is 0 Å². The van der Waals surface area contributed by atoms with Crippen molar-refractivity contribution in [1.82, 2.24) is 15.2 Å². The number of nitrogens with zero attached hydrogens (tertiary/aromatic N) is 2. The van der Waals surface area contributed by atoms with Crippen molar-refractivity contribution in [3.05, 3.63) is 77.0 Å². The van der Waals surface area contributed by atoms with Crippen molar-refractivity contribution in [1.29, 1.82) is 0 Å². The minimum atomic E-state index is -0.0578. The van der Waals surface area contributed by atoms with E-state index in [-0.39, 0.29) is 11.9 Å². The molecule has 5 nitrogen and oxygen atoms in total. The molecule has 0 bridgehead atoms. The summed E-state index contributed by atoms with van der Waals surface area (Å²) in [4.78, 5) is 20.1. The largest absolute Gasteiger partial charge is 0.379 e. The maximum atomic E-state index is 13.1. The first kappa shape index (κ1) is 19.6. The fourth-order valence-electron chi connectivity index (χ4n) is 4.00. The van der Waals surface area contributed by atoms with Crippen molar-refractivity contribution in [3.8, 4) is 0 Å². The van der Waals surface area contributed by atoms with Crippen LogP contribution in [0.4, 0.5) is 0 Å². The monoisotopic (exact) mass is 389 g/mol. The third-order valence-electron chi connectivity index (χ3n) is 5.46. The lowest BCUT2D eigenvalue weighted by molar-refractivity contribution is 0.0162. The normalized spacial score (nSPS) is 15.9. The molecule has 0 radical (unpaired) electrons. The Balaban J connectivity index is 1.58. The van der Waals surface area contributed by atoms with Crippen molar-refractivity contribution in [2.24, 2.45) is 0 Å². The maximum absolute atomic E-state index is 13.1. The second kappa shape index (κ2) is 8.72. The van der Waals surface area contributed by atoms with E-state index in [2.05, 4.69) is 46.4 Å². The van der Waals surface area contributed by atoms with Gasteiger partial charge in [0.15, 0.2) is 0 Å². The number of aryl methyl sites for hydroxylation is 2. The first-order valence-corrected chi connectivity index (χ1v) is 10.1. The van der Waals surface area contributed by atoms with E-state index in [0.717, 1.165) is 42.9 Å². The van der Waals surface area contributed by atoms with Crippen molar-refractivity contribution in [3.63, 3.8) is 0 Å². The van der Waals surface area contributed by atoms with Crippen LogP contribution >= 0.6 is 0 Å². The molecule has 1 aromatic heterocycles. The molecule has 1 saturated heterocycles. The molecule has 29 heavy (non-hydrogen) atoms. The molecule has 0 aliphatic carbocycles. The van der Waals surface area contributed by atoms with E-state index in [9.17, 15) is 4.79 Å². The third-order valence-corrected chi connectivity index (χ3v) is 5.46. The van der Waals surface area contributed by atoms with Gasteiger partial charge in [0.25, 0.3) is 5.91 Å². The highest BCUT2D eigenvalue weighted by Gasteiger charge is 2.24. The molecular formula is C24H27N3O2. The van der Waals surface area contributed by atoms with Crippen molar-refractivity contribution in [2.75, 3.05) is 32.8 Å². The highest BCUT2D eigenvalue weighted by molar-refractivity contribution is 6.06. The Kier molecular flexibility index (Phi) is 5.88. The summed E-state index contributed by atoms with van der Waals surface area (Å²) in [5, 5.41) is 4.07. The molecule has 2 heterocycles. The summed E-state index contributed by atoms with van der Waals surface area (Å²) in [6, 6.07) is 18.3. The standard InChI is InChI=1S/C24H27N3O2/c1-17-6-5-7-19(14-17)23(27-10-12-29-13-11-27)16-25-24(28)21-15-18(2)26-22-9-4-3-8-20(21)22/h3-9,14-15,23H,10-13,16H2,1-2H3,(H,25,28). The van der Waals surface area contributed by atoms with Gasteiger partial charge in [-0.05, 0) is 31.5 Å². The molecule has 1 atom stereocenters. The summed E-state index contributed by atoms with van der Waals surface area (Å²) in [6.45, 7) is 7.77. The predicted molar refractivity (Wildman–Crippen MR) is 115 cm³/mol. The molecule has 1 amide bonds. The Morgan fingerprint density at radius 3 is 2.69 bits per heavy atom. The average Bonchev–Trinajstić information content (AvgIpc) is 2.74. The number of para-hydroxylation sites is 1. The Hall–Kier alpha value is -2.76. The number of carbonyl (C=O) groups is 1. The molecule has 5 heteroatoms. The highest BCUT2D eigenvalue weighted by atomic mass is 16.5. The van der Waals surface area contributed by atoms with E-state index >= 15 is 0 Å². The molecule has 1 aliphatic rings. The molecule has 4 rings (SSSR count). The molecule has 0 saturated carbocycles. The number of pyridine rings is 1. The second-order valence-corrected chi connectivity index (χ2v) is 7.62. The first-order chi connectivity index (χ1) is 14.1. The van der Waals surface area contributed by atoms with Gasteiger partial charge in [-0.3, -0.25) is 14.7 Å². The van der Waals surface area contributed by atoms with E-state index < -0.39 is 0 Å². The van der Waals surface area contributed by atoms with Crippen LogP contribution in [-0.2, 0) is 4.74 Å². The molecule has 0 spiro atoms. The predicted octanol–water partition coefficient (Wildman–Crippen LogP) is 3.65. The number of hydrogen-bond donors (Lipinski definition) is 1. The van der Waals surface area contributed by atoms with Crippen LogP contribution in [0.15, 0.2) is 54.6 Å². The van der Waals surface area contributed by atoms with Crippen molar-refractivity contribution in [2.45, 2.75) is 19.9 Å². The van der Waals surface area contributed by atoms with Gasteiger partial charge in [0.2, 0.25) is 0 Å². The topological polar surface area (TPSA) is 54.5 Å². The number of nitrogens with one attached hydrogen (secondary N) is 1. The van der Waals surface area contributed by atoms with Crippen LogP contribution in [0, 0.1) is 13.8 Å². The van der Waals surface area contributed by atoms with Crippen LogP contribution in [0.3, 0.4) is 0 Å². The fourth-order valence-corrected chi connectivity index (χ4v) is 4.00. The van der Waals surface area contributed by atoms with Crippen LogP contribution in [0.2, 0.25) is 0 Å². The Labute approximate surface area is 171 Å². The molecule has 2 aromatic carbocycles. The molecule has 3 aromatic rings. The van der Waals surface area contributed by atoms with Crippen LogP contribution in [-0.4, -0.2) is 48.6 Å². The SMILES string of the molecule is Cc1cccc(C(CNC(=O)c2cc(C)nc3ccccc23)N2CCOCC2)c1. The van der Waals surface area contributed by atoms with Gasteiger partial charge in [0, 0.05) is 30.7 Å². The lowest BCUT2D eigenvalue weighted by Gasteiger charge is -2.35. The average molecular weight is 389 g/mol. The fraction of sp³-hybridized carbons (Fsp3) is 0.333. The number of hydrogen-bond acceptors (Lipinski definition) is 4. The highest BCUT2D eigenvalue weighted by Crippen LogP contribution is 2.23. The quantitative estimate of drug-likeness (QED) is 0.724. The first-order valence-electron chi connectivity index (χ1n) is 10.1. The Morgan fingerprint density at radius 1 is 1.10 bits per heavy atom. The minimum absolute atomic E-state index is 0.0578. The zero-order valence-corrected chi connectivity index (χ0v) is 17.0. The van der Waals surface area contributed by atoms with Crippen molar-refractivity contribution >= 4 is 16.8 Å². The van der Waals surface area contributed by atoms with Gasteiger partial charge in [-0.1, -0.05) is 48.0 Å². The van der Waals surface area contributed by atoms with Gasteiger partial charge in [0.05, 0.1) is 30.3 Å². The van der Waals surface area contributed by atoms with E-state index in [0.29, 0.717) is 12.1 Å². The number of morpholine rings is 1. The lowest BCUT2D eigenvalue weighted by atomic mass is 10.0. The number of amides is 1. The zero-order chi connectivity index (χ0) is 20.2. The van der Waals surface area contributed by atoms with Gasteiger partial charge in [-0.2, -0.15) is 0 Å². The number of rotatable bonds is 5. The van der Waals surface area contributed by atoms with Crippen LogP contribution in [0.1, 0.15) is 33.2 Å². The Bertz CT molecular complexity index is 1010. The van der Waals surface area contributed by atoms with Crippen LogP contribution in [0.5, 0.6) is 0 Å². The number of fused-ring (bicyclic) bond motifs is 1. The molecule has 1 aliphatic heterocycles.